The van der Waals surface area contributed by atoms with E-state index in [1.165, 1.54) is 4.90 Å². The number of benzene rings is 1. The van der Waals surface area contributed by atoms with Crippen molar-refractivity contribution >= 4 is 17.6 Å². The van der Waals surface area contributed by atoms with Crippen LogP contribution in [0.4, 0.5) is 5.82 Å². The van der Waals surface area contributed by atoms with Crippen LogP contribution in [0.3, 0.4) is 0 Å². The second kappa shape index (κ2) is 6.55. The Hall–Kier alpha value is -3.29. The lowest BCUT2D eigenvalue weighted by atomic mass is 10.2. The van der Waals surface area contributed by atoms with Gasteiger partial charge in [0.25, 0.3) is 5.91 Å². The number of fused-ring (bicyclic) bond motifs is 2. The lowest BCUT2D eigenvalue weighted by Crippen LogP contribution is -2.45. The second-order valence-corrected chi connectivity index (χ2v) is 6.03. The van der Waals surface area contributed by atoms with E-state index < -0.39 is 0 Å². The molecular formula is C18H17N3O5. The summed E-state index contributed by atoms with van der Waals surface area (Å²) in [6.07, 6.45) is 1.56. The summed E-state index contributed by atoms with van der Waals surface area (Å²) < 4.78 is 16.0. The molecule has 134 valence electrons. The third-order valence-corrected chi connectivity index (χ3v) is 4.23. The van der Waals surface area contributed by atoms with Gasteiger partial charge < -0.3 is 19.1 Å². The van der Waals surface area contributed by atoms with Crippen LogP contribution in [-0.4, -0.2) is 48.7 Å². The molecule has 0 N–H and O–H groups in total. The third-order valence-electron chi connectivity index (χ3n) is 4.23. The van der Waals surface area contributed by atoms with E-state index >= 15 is 0 Å². The molecule has 8 nitrogen and oxygen atoms in total. The van der Waals surface area contributed by atoms with Crippen molar-refractivity contribution in [3.05, 3.63) is 42.1 Å². The van der Waals surface area contributed by atoms with Gasteiger partial charge in [-0.2, -0.15) is 0 Å². The Labute approximate surface area is 149 Å². The Bertz CT molecular complexity index is 870. The summed E-state index contributed by atoms with van der Waals surface area (Å²) in [7, 11) is 1.69. The molecule has 26 heavy (non-hydrogen) atoms. The number of carbonyl (C=O) groups is 2. The molecule has 0 bridgehead atoms. The van der Waals surface area contributed by atoms with Gasteiger partial charge in [0.15, 0.2) is 29.7 Å². The van der Waals surface area contributed by atoms with E-state index in [1.54, 1.807) is 30.3 Å². The Morgan fingerprint density at radius 3 is 2.92 bits per heavy atom. The fourth-order valence-electron chi connectivity index (χ4n) is 2.85. The van der Waals surface area contributed by atoms with Gasteiger partial charge in [0.1, 0.15) is 6.54 Å². The maximum absolute atomic E-state index is 12.6. The Morgan fingerprint density at radius 2 is 2.04 bits per heavy atom. The highest BCUT2D eigenvalue weighted by Gasteiger charge is 2.29. The molecule has 3 heterocycles. The van der Waals surface area contributed by atoms with Gasteiger partial charge in [-0.05, 0) is 29.8 Å². The number of pyridine rings is 1. The minimum absolute atomic E-state index is 0.0900. The number of carbonyl (C=O) groups excluding carboxylic acids is 2. The molecule has 2 aliphatic heterocycles. The van der Waals surface area contributed by atoms with Gasteiger partial charge in [0.2, 0.25) is 12.7 Å². The molecule has 1 aromatic carbocycles. The molecule has 0 atom stereocenters. The molecule has 0 saturated carbocycles. The van der Waals surface area contributed by atoms with Crippen LogP contribution in [0, 0.1) is 0 Å². The number of likely N-dealkylation sites (N-methyl/N-ethyl adjacent to an activating group) is 1. The number of aromatic nitrogens is 1. The van der Waals surface area contributed by atoms with Crippen LogP contribution in [0.1, 0.15) is 5.56 Å². The second-order valence-electron chi connectivity index (χ2n) is 6.03. The van der Waals surface area contributed by atoms with E-state index in [4.69, 9.17) is 14.2 Å². The number of anilines is 1. The summed E-state index contributed by atoms with van der Waals surface area (Å²) in [6.45, 7) is 0.410. The molecule has 0 radical (unpaired) electrons. The van der Waals surface area contributed by atoms with Crippen molar-refractivity contribution in [2.75, 3.05) is 31.9 Å². The third kappa shape index (κ3) is 3.01. The zero-order valence-electron chi connectivity index (χ0n) is 14.2. The molecule has 0 unspecified atom stereocenters. The van der Waals surface area contributed by atoms with Gasteiger partial charge in [-0.25, -0.2) is 4.98 Å². The average Bonchev–Trinajstić information content (AvgIpc) is 3.11. The van der Waals surface area contributed by atoms with Crippen molar-refractivity contribution in [1.82, 2.24) is 9.88 Å². The van der Waals surface area contributed by atoms with Gasteiger partial charge in [0, 0.05) is 19.8 Å². The molecule has 2 amide bonds. The van der Waals surface area contributed by atoms with Crippen molar-refractivity contribution < 1.29 is 23.8 Å². The molecule has 4 rings (SSSR count). The molecule has 2 aliphatic rings. The van der Waals surface area contributed by atoms with Crippen LogP contribution >= 0.6 is 0 Å². The standard InChI is InChI=1S/C18H17N3O5/c1-20(8-12-4-5-13-15(7-12)26-11-25-13)16(22)9-21-17(23)10-24-14-3-2-6-19-18(14)21/h2-7H,8-11H2,1H3. The molecule has 1 aromatic heterocycles. The number of hydrogen-bond donors (Lipinski definition) is 0. The fraction of sp³-hybridized carbons (Fsp3) is 0.278. The van der Waals surface area contributed by atoms with E-state index in [9.17, 15) is 9.59 Å². The summed E-state index contributed by atoms with van der Waals surface area (Å²) in [5.74, 6) is 1.75. The lowest BCUT2D eigenvalue weighted by Gasteiger charge is -2.29. The molecular weight excluding hydrogens is 338 g/mol. The van der Waals surface area contributed by atoms with E-state index in [2.05, 4.69) is 4.98 Å². The number of hydrogen-bond acceptors (Lipinski definition) is 6. The van der Waals surface area contributed by atoms with Crippen molar-refractivity contribution in [1.29, 1.82) is 0 Å². The van der Waals surface area contributed by atoms with Gasteiger partial charge in [0.05, 0.1) is 0 Å². The first-order valence-electron chi connectivity index (χ1n) is 8.12. The largest absolute Gasteiger partial charge is 0.480 e. The van der Waals surface area contributed by atoms with Crippen molar-refractivity contribution in [3.63, 3.8) is 0 Å². The Morgan fingerprint density at radius 1 is 1.19 bits per heavy atom. The smallest absolute Gasteiger partial charge is 0.266 e. The Kier molecular flexibility index (Phi) is 4.08. The van der Waals surface area contributed by atoms with E-state index in [-0.39, 0.29) is 31.8 Å². The SMILES string of the molecule is CN(Cc1ccc2c(c1)OCO2)C(=O)CN1C(=O)COc2cccnc21. The fourth-order valence-corrected chi connectivity index (χ4v) is 2.85. The summed E-state index contributed by atoms with van der Waals surface area (Å²) in [6, 6.07) is 9.00. The van der Waals surface area contributed by atoms with Crippen molar-refractivity contribution in [3.8, 4) is 17.2 Å². The zero-order valence-corrected chi connectivity index (χ0v) is 14.2. The normalized spacial score (nSPS) is 14.7. The number of amides is 2. The highest BCUT2D eigenvalue weighted by atomic mass is 16.7. The molecule has 0 spiro atoms. The molecule has 0 fully saturated rings. The van der Waals surface area contributed by atoms with Gasteiger partial charge in [-0.3, -0.25) is 14.5 Å². The lowest BCUT2D eigenvalue weighted by molar-refractivity contribution is -0.131. The highest BCUT2D eigenvalue weighted by molar-refractivity contribution is 6.01. The zero-order chi connectivity index (χ0) is 18.1. The topological polar surface area (TPSA) is 81.2 Å². The average molecular weight is 355 g/mol. The monoisotopic (exact) mass is 355 g/mol. The van der Waals surface area contributed by atoms with E-state index in [0.717, 1.165) is 5.56 Å². The van der Waals surface area contributed by atoms with Gasteiger partial charge in [-0.15, -0.1) is 0 Å². The summed E-state index contributed by atoms with van der Waals surface area (Å²) in [5, 5.41) is 0. The van der Waals surface area contributed by atoms with Crippen molar-refractivity contribution in [2.24, 2.45) is 0 Å². The molecule has 2 aromatic rings. The summed E-state index contributed by atoms with van der Waals surface area (Å²) in [5.41, 5.74) is 0.914. The predicted molar refractivity (Wildman–Crippen MR) is 91.1 cm³/mol. The summed E-state index contributed by atoms with van der Waals surface area (Å²) >= 11 is 0. The summed E-state index contributed by atoms with van der Waals surface area (Å²) in [4.78, 5) is 31.9. The maximum atomic E-state index is 12.6. The van der Waals surface area contributed by atoms with Crippen molar-refractivity contribution in [2.45, 2.75) is 6.54 Å². The van der Waals surface area contributed by atoms with E-state index in [1.807, 2.05) is 18.2 Å². The quantitative estimate of drug-likeness (QED) is 0.820. The predicted octanol–water partition coefficient (Wildman–Crippen LogP) is 1.19. The van der Waals surface area contributed by atoms with Gasteiger partial charge in [-0.1, -0.05) is 6.07 Å². The number of ether oxygens (including phenoxy) is 3. The Balaban J connectivity index is 1.45. The van der Waals surface area contributed by atoms with Crippen LogP contribution in [-0.2, 0) is 16.1 Å². The number of rotatable bonds is 4. The van der Waals surface area contributed by atoms with Gasteiger partial charge >= 0.3 is 0 Å². The van der Waals surface area contributed by atoms with Crippen LogP contribution in [0.15, 0.2) is 36.5 Å². The highest BCUT2D eigenvalue weighted by Crippen LogP contribution is 2.33. The molecule has 8 heteroatoms. The first kappa shape index (κ1) is 16.2. The van der Waals surface area contributed by atoms with Crippen LogP contribution in [0.25, 0.3) is 0 Å². The minimum Gasteiger partial charge on any atom is -0.480 e. The van der Waals surface area contributed by atoms with Crippen LogP contribution in [0.5, 0.6) is 17.2 Å². The molecule has 0 saturated heterocycles. The minimum atomic E-state index is -0.291. The van der Waals surface area contributed by atoms with E-state index in [0.29, 0.717) is 29.6 Å². The molecule has 0 aliphatic carbocycles. The van der Waals surface area contributed by atoms with Crippen LogP contribution < -0.4 is 19.1 Å². The first-order valence-corrected chi connectivity index (χ1v) is 8.12. The maximum Gasteiger partial charge on any atom is 0.266 e. The van der Waals surface area contributed by atoms with Crippen LogP contribution in [0.2, 0.25) is 0 Å². The number of nitrogens with zero attached hydrogens (tertiary/aromatic N) is 3. The first-order chi connectivity index (χ1) is 12.6.